The number of amides is 1. The summed E-state index contributed by atoms with van der Waals surface area (Å²) in [5.74, 6) is -0.889. The van der Waals surface area contributed by atoms with Crippen molar-refractivity contribution in [2.45, 2.75) is 19.9 Å². The van der Waals surface area contributed by atoms with Gasteiger partial charge in [0.05, 0.1) is 11.0 Å². The molecule has 0 spiro atoms. The van der Waals surface area contributed by atoms with Gasteiger partial charge in [0.2, 0.25) is 5.91 Å². The topological polar surface area (TPSA) is 63.8 Å². The number of primary amides is 1. The Morgan fingerprint density at radius 3 is 2.72 bits per heavy atom. The fraction of sp³-hybridized carbons (Fsp3) is 0.333. The van der Waals surface area contributed by atoms with E-state index in [9.17, 15) is 9.18 Å². The molecular weight excluding hydrogens is 253 g/mol. The molecule has 0 saturated heterocycles. The first-order chi connectivity index (χ1) is 8.41. The lowest BCUT2D eigenvalue weighted by Gasteiger charge is -2.19. The number of hydrogen-bond donors (Lipinski definition) is 2. The second kappa shape index (κ2) is 4.53. The van der Waals surface area contributed by atoms with Crippen molar-refractivity contribution >= 4 is 29.2 Å². The van der Waals surface area contributed by atoms with Crippen LogP contribution in [0.25, 0.3) is 11.0 Å². The van der Waals surface area contributed by atoms with Gasteiger partial charge in [-0.05, 0) is 36.3 Å². The SMILES string of the molecule is CC(C)C(C(N)=O)n1c(=S)[nH]c2ccc(F)cc21. The fourth-order valence-electron chi connectivity index (χ4n) is 2.12. The van der Waals surface area contributed by atoms with E-state index in [0.717, 1.165) is 0 Å². The predicted octanol–water partition coefficient (Wildman–Crippen LogP) is 2.52. The van der Waals surface area contributed by atoms with E-state index in [0.29, 0.717) is 15.8 Å². The van der Waals surface area contributed by atoms with Crippen LogP contribution in [0.2, 0.25) is 0 Å². The highest BCUT2D eigenvalue weighted by Gasteiger charge is 2.24. The molecule has 0 saturated carbocycles. The number of carbonyl (C=O) groups is 1. The lowest BCUT2D eigenvalue weighted by molar-refractivity contribution is -0.122. The molecule has 3 N–H and O–H groups in total. The zero-order valence-corrected chi connectivity index (χ0v) is 10.9. The maximum absolute atomic E-state index is 13.3. The molecule has 0 aliphatic heterocycles. The summed E-state index contributed by atoms with van der Waals surface area (Å²) in [4.78, 5) is 14.5. The molecule has 6 heteroatoms. The Morgan fingerprint density at radius 2 is 2.17 bits per heavy atom. The predicted molar refractivity (Wildman–Crippen MR) is 70.2 cm³/mol. The van der Waals surface area contributed by atoms with Crippen LogP contribution >= 0.6 is 12.2 Å². The maximum atomic E-state index is 13.3. The first-order valence-corrected chi connectivity index (χ1v) is 6.01. The third kappa shape index (κ3) is 2.03. The summed E-state index contributed by atoms with van der Waals surface area (Å²) in [5.41, 5.74) is 6.65. The minimum absolute atomic E-state index is 0.0310. The number of nitrogens with one attached hydrogen (secondary N) is 1. The van der Waals surface area contributed by atoms with E-state index in [1.807, 2.05) is 13.8 Å². The number of hydrogen-bond acceptors (Lipinski definition) is 2. The number of nitrogens with zero attached hydrogens (tertiary/aromatic N) is 1. The molecule has 1 heterocycles. The first kappa shape index (κ1) is 12.8. The minimum atomic E-state index is -0.590. The summed E-state index contributed by atoms with van der Waals surface area (Å²) < 4.78 is 15.3. The number of halogens is 1. The van der Waals surface area contributed by atoms with Crippen LogP contribution in [-0.2, 0) is 4.79 Å². The van der Waals surface area contributed by atoms with Crippen LogP contribution < -0.4 is 5.73 Å². The Morgan fingerprint density at radius 1 is 1.50 bits per heavy atom. The summed E-state index contributed by atoms with van der Waals surface area (Å²) in [6, 6.07) is 3.69. The van der Waals surface area contributed by atoms with Crippen molar-refractivity contribution in [1.29, 1.82) is 0 Å². The lowest BCUT2D eigenvalue weighted by atomic mass is 10.0. The molecule has 18 heavy (non-hydrogen) atoms. The van der Waals surface area contributed by atoms with E-state index in [4.69, 9.17) is 18.0 Å². The van der Waals surface area contributed by atoms with Gasteiger partial charge >= 0.3 is 0 Å². The molecule has 2 aromatic rings. The third-order valence-corrected chi connectivity index (χ3v) is 3.18. The van der Waals surface area contributed by atoms with Crippen LogP contribution in [0.15, 0.2) is 18.2 Å². The summed E-state index contributed by atoms with van der Waals surface area (Å²) in [5, 5.41) is 0. The molecular formula is C12H14FN3OS. The van der Waals surface area contributed by atoms with Crippen molar-refractivity contribution in [2.75, 3.05) is 0 Å². The van der Waals surface area contributed by atoms with Crippen molar-refractivity contribution in [2.24, 2.45) is 11.7 Å². The number of H-pyrrole nitrogens is 1. The Bertz CT molecular complexity index is 659. The van der Waals surface area contributed by atoms with Gasteiger partial charge in [-0.2, -0.15) is 0 Å². The summed E-state index contributed by atoms with van der Waals surface area (Å²) >= 11 is 5.19. The van der Waals surface area contributed by atoms with Gasteiger partial charge in [0.1, 0.15) is 11.9 Å². The van der Waals surface area contributed by atoms with Crippen molar-refractivity contribution < 1.29 is 9.18 Å². The normalized spacial score (nSPS) is 13.1. The van der Waals surface area contributed by atoms with E-state index in [-0.39, 0.29) is 11.7 Å². The van der Waals surface area contributed by atoms with Gasteiger partial charge in [0.25, 0.3) is 0 Å². The summed E-state index contributed by atoms with van der Waals surface area (Å²) in [6.07, 6.45) is 0. The van der Waals surface area contributed by atoms with Crippen LogP contribution in [0, 0.1) is 16.5 Å². The van der Waals surface area contributed by atoms with Crippen molar-refractivity contribution in [1.82, 2.24) is 9.55 Å². The van der Waals surface area contributed by atoms with Gasteiger partial charge in [-0.25, -0.2) is 4.39 Å². The molecule has 0 bridgehead atoms. The Hall–Kier alpha value is -1.69. The lowest BCUT2D eigenvalue weighted by Crippen LogP contribution is -2.30. The van der Waals surface area contributed by atoms with Crippen LogP contribution in [0.3, 0.4) is 0 Å². The van der Waals surface area contributed by atoms with E-state index < -0.39 is 11.9 Å². The van der Waals surface area contributed by atoms with E-state index in [2.05, 4.69) is 4.98 Å². The second-order valence-electron chi connectivity index (χ2n) is 4.55. The molecule has 0 fully saturated rings. The number of benzene rings is 1. The molecule has 96 valence electrons. The molecule has 2 rings (SSSR count). The standard InChI is InChI=1S/C12H14FN3OS/c1-6(2)10(11(14)17)16-9-5-7(13)3-4-8(9)15-12(16)18/h3-6,10H,1-2H3,(H2,14,17)(H,15,18). The molecule has 1 atom stereocenters. The molecule has 1 aromatic carbocycles. The van der Waals surface area contributed by atoms with Gasteiger partial charge in [-0.3, -0.25) is 4.79 Å². The maximum Gasteiger partial charge on any atom is 0.240 e. The van der Waals surface area contributed by atoms with Gasteiger partial charge in [-0.1, -0.05) is 13.8 Å². The Balaban J connectivity index is 2.76. The highest BCUT2D eigenvalue weighted by molar-refractivity contribution is 7.71. The van der Waals surface area contributed by atoms with Crippen LogP contribution in [-0.4, -0.2) is 15.5 Å². The number of aromatic nitrogens is 2. The van der Waals surface area contributed by atoms with Gasteiger partial charge in [-0.15, -0.1) is 0 Å². The number of aromatic amines is 1. The zero-order valence-electron chi connectivity index (χ0n) is 10.1. The zero-order chi connectivity index (χ0) is 13.4. The van der Waals surface area contributed by atoms with Crippen molar-refractivity contribution in [3.8, 4) is 0 Å². The largest absolute Gasteiger partial charge is 0.368 e. The van der Waals surface area contributed by atoms with Crippen LogP contribution in [0.1, 0.15) is 19.9 Å². The monoisotopic (exact) mass is 267 g/mol. The number of nitrogens with two attached hydrogens (primary N) is 1. The molecule has 0 aliphatic carbocycles. The highest BCUT2D eigenvalue weighted by atomic mass is 32.1. The van der Waals surface area contributed by atoms with Gasteiger partial charge in [0.15, 0.2) is 4.77 Å². The molecule has 0 radical (unpaired) electrons. The fourth-order valence-corrected chi connectivity index (χ4v) is 2.45. The molecule has 1 unspecified atom stereocenters. The molecule has 0 aliphatic rings. The van der Waals surface area contributed by atoms with Crippen molar-refractivity contribution in [3.63, 3.8) is 0 Å². The van der Waals surface area contributed by atoms with Crippen LogP contribution in [0.5, 0.6) is 0 Å². The third-order valence-electron chi connectivity index (χ3n) is 2.88. The van der Waals surface area contributed by atoms with Gasteiger partial charge < -0.3 is 15.3 Å². The quantitative estimate of drug-likeness (QED) is 0.839. The number of imidazole rings is 1. The van der Waals surface area contributed by atoms with E-state index in [1.165, 1.54) is 12.1 Å². The second-order valence-corrected chi connectivity index (χ2v) is 4.94. The average molecular weight is 267 g/mol. The number of carbonyl (C=O) groups excluding carboxylic acids is 1. The summed E-state index contributed by atoms with van der Waals surface area (Å²) in [7, 11) is 0. The highest BCUT2D eigenvalue weighted by Crippen LogP contribution is 2.25. The minimum Gasteiger partial charge on any atom is -0.368 e. The Kier molecular flexibility index (Phi) is 3.21. The number of fused-ring (bicyclic) bond motifs is 1. The molecule has 1 aromatic heterocycles. The first-order valence-electron chi connectivity index (χ1n) is 5.61. The van der Waals surface area contributed by atoms with E-state index in [1.54, 1.807) is 10.6 Å². The van der Waals surface area contributed by atoms with Gasteiger partial charge in [0, 0.05) is 0 Å². The smallest absolute Gasteiger partial charge is 0.240 e. The Labute approximate surface area is 109 Å². The number of rotatable bonds is 3. The summed E-state index contributed by atoms with van der Waals surface area (Å²) in [6.45, 7) is 3.74. The average Bonchev–Trinajstić information content (AvgIpc) is 2.55. The van der Waals surface area contributed by atoms with Crippen molar-refractivity contribution in [3.05, 3.63) is 28.8 Å². The molecule has 1 amide bonds. The molecule has 4 nitrogen and oxygen atoms in total. The van der Waals surface area contributed by atoms with E-state index >= 15 is 0 Å². The van der Waals surface area contributed by atoms with Crippen LogP contribution in [0.4, 0.5) is 4.39 Å².